The molecule has 1 aromatic carbocycles. The van der Waals surface area contributed by atoms with Crippen molar-refractivity contribution in [3.63, 3.8) is 0 Å². The van der Waals surface area contributed by atoms with Gasteiger partial charge in [0.15, 0.2) is 17.6 Å². The molecular formula is C15H16N2O4S. The Bertz CT molecular complexity index is 643. The number of para-hydroxylation sites is 2. The molecule has 1 aromatic heterocycles. The highest BCUT2D eigenvalue weighted by Crippen LogP contribution is 2.26. The lowest BCUT2D eigenvalue weighted by molar-refractivity contribution is -0.128. The smallest absolute Gasteiger partial charge is 0.279 e. The van der Waals surface area contributed by atoms with Gasteiger partial charge in [-0.05, 0) is 30.5 Å². The zero-order chi connectivity index (χ0) is 15.9. The Kier molecular flexibility index (Phi) is 5.37. The average Bonchev–Trinajstić information content (AvgIpc) is 3.07. The zero-order valence-corrected chi connectivity index (χ0v) is 13.0. The van der Waals surface area contributed by atoms with Crippen LogP contribution < -0.4 is 20.3 Å². The first-order valence-electron chi connectivity index (χ1n) is 6.55. The maximum absolute atomic E-state index is 11.9. The summed E-state index contributed by atoms with van der Waals surface area (Å²) in [6.45, 7) is 1.58. The largest absolute Gasteiger partial charge is 0.493 e. The first kappa shape index (κ1) is 15.8. The molecule has 0 radical (unpaired) electrons. The van der Waals surface area contributed by atoms with Gasteiger partial charge in [-0.15, -0.1) is 11.3 Å². The molecule has 6 nitrogen and oxygen atoms in total. The summed E-state index contributed by atoms with van der Waals surface area (Å²) in [5, 5.41) is 1.78. The summed E-state index contributed by atoms with van der Waals surface area (Å²) in [4.78, 5) is 24.2. The number of benzene rings is 1. The van der Waals surface area contributed by atoms with Gasteiger partial charge in [0, 0.05) is 0 Å². The summed E-state index contributed by atoms with van der Waals surface area (Å²) < 4.78 is 10.7. The minimum atomic E-state index is -0.792. The Hall–Kier alpha value is -2.54. The molecule has 7 heteroatoms. The zero-order valence-electron chi connectivity index (χ0n) is 12.2. The standard InChI is InChI=1S/C15H16N2O4S/c1-10(21-12-7-4-3-6-11(12)20-2)14(18)16-17-15(19)13-8-5-9-22-13/h3-10H,1-2H3,(H,16,18)(H,17,19). The molecule has 0 spiro atoms. The highest BCUT2D eigenvalue weighted by molar-refractivity contribution is 7.12. The Morgan fingerprint density at radius 3 is 2.45 bits per heavy atom. The van der Waals surface area contributed by atoms with Crippen molar-refractivity contribution in [2.45, 2.75) is 13.0 Å². The number of amides is 2. The van der Waals surface area contributed by atoms with Gasteiger partial charge >= 0.3 is 0 Å². The van der Waals surface area contributed by atoms with Crippen LogP contribution in [0.4, 0.5) is 0 Å². The number of nitrogens with one attached hydrogen (secondary N) is 2. The van der Waals surface area contributed by atoms with E-state index in [0.717, 1.165) is 0 Å². The molecule has 22 heavy (non-hydrogen) atoms. The summed E-state index contributed by atoms with van der Waals surface area (Å²) >= 11 is 1.29. The van der Waals surface area contributed by atoms with E-state index in [1.54, 1.807) is 48.7 Å². The number of carbonyl (C=O) groups excluding carboxylic acids is 2. The molecule has 1 unspecified atom stereocenters. The molecule has 0 aliphatic heterocycles. The van der Waals surface area contributed by atoms with E-state index in [2.05, 4.69) is 10.9 Å². The molecule has 0 fully saturated rings. The quantitative estimate of drug-likeness (QED) is 0.826. The van der Waals surface area contributed by atoms with Gasteiger partial charge in [0.2, 0.25) is 0 Å². The van der Waals surface area contributed by atoms with Crippen LogP contribution in [-0.4, -0.2) is 25.0 Å². The van der Waals surface area contributed by atoms with Crippen molar-refractivity contribution in [1.29, 1.82) is 0 Å². The van der Waals surface area contributed by atoms with E-state index in [0.29, 0.717) is 16.4 Å². The maximum Gasteiger partial charge on any atom is 0.279 e. The lowest BCUT2D eigenvalue weighted by Crippen LogP contribution is -2.47. The molecule has 0 saturated heterocycles. The third kappa shape index (κ3) is 3.98. The highest BCUT2D eigenvalue weighted by Gasteiger charge is 2.17. The molecule has 2 aromatic rings. The van der Waals surface area contributed by atoms with Crippen molar-refractivity contribution in [1.82, 2.24) is 10.9 Å². The van der Waals surface area contributed by atoms with Gasteiger partial charge in [-0.2, -0.15) is 0 Å². The highest BCUT2D eigenvalue weighted by atomic mass is 32.1. The monoisotopic (exact) mass is 320 g/mol. The van der Waals surface area contributed by atoms with Gasteiger partial charge in [-0.3, -0.25) is 20.4 Å². The lowest BCUT2D eigenvalue weighted by Gasteiger charge is -2.16. The SMILES string of the molecule is COc1ccccc1OC(C)C(=O)NNC(=O)c1cccs1. The summed E-state index contributed by atoms with van der Waals surface area (Å²) in [7, 11) is 1.52. The molecule has 2 amide bonds. The summed E-state index contributed by atoms with van der Waals surface area (Å²) in [5.41, 5.74) is 4.67. The van der Waals surface area contributed by atoms with Crippen LogP contribution in [0.5, 0.6) is 11.5 Å². The molecule has 1 atom stereocenters. The Morgan fingerprint density at radius 2 is 1.82 bits per heavy atom. The minimum absolute atomic E-state index is 0.368. The summed E-state index contributed by atoms with van der Waals surface area (Å²) in [6.07, 6.45) is -0.792. The first-order valence-corrected chi connectivity index (χ1v) is 7.43. The summed E-state index contributed by atoms with van der Waals surface area (Å²) in [5.74, 6) is 0.158. The van der Waals surface area contributed by atoms with Crippen molar-refractivity contribution >= 4 is 23.2 Å². The van der Waals surface area contributed by atoms with Crippen molar-refractivity contribution in [3.8, 4) is 11.5 Å². The van der Waals surface area contributed by atoms with E-state index in [1.807, 2.05) is 0 Å². The fraction of sp³-hybridized carbons (Fsp3) is 0.200. The van der Waals surface area contributed by atoms with Crippen LogP contribution in [0.3, 0.4) is 0 Å². The maximum atomic E-state index is 11.9. The molecule has 1 heterocycles. The van der Waals surface area contributed by atoms with E-state index >= 15 is 0 Å². The Labute approximate surface area is 132 Å². The van der Waals surface area contributed by atoms with Crippen LogP contribution in [0, 0.1) is 0 Å². The second-order valence-electron chi connectivity index (χ2n) is 4.33. The van der Waals surface area contributed by atoms with Crippen molar-refractivity contribution in [2.75, 3.05) is 7.11 Å². The lowest BCUT2D eigenvalue weighted by atomic mass is 10.3. The van der Waals surface area contributed by atoms with Crippen molar-refractivity contribution in [3.05, 3.63) is 46.7 Å². The molecule has 0 aliphatic carbocycles. The number of rotatable bonds is 5. The number of hydrazine groups is 1. The van der Waals surface area contributed by atoms with Crippen LogP contribution in [0.25, 0.3) is 0 Å². The number of ether oxygens (including phenoxy) is 2. The molecule has 2 N–H and O–H groups in total. The molecular weight excluding hydrogens is 304 g/mol. The molecule has 0 saturated carbocycles. The van der Waals surface area contributed by atoms with Gasteiger partial charge in [0.05, 0.1) is 12.0 Å². The van der Waals surface area contributed by atoms with Gasteiger partial charge < -0.3 is 9.47 Å². The number of methoxy groups -OCH3 is 1. The fourth-order valence-electron chi connectivity index (χ4n) is 1.65. The van der Waals surface area contributed by atoms with Crippen molar-refractivity contribution < 1.29 is 19.1 Å². The number of hydrogen-bond acceptors (Lipinski definition) is 5. The topological polar surface area (TPSA) is 76.7 Å². The third-order valence-electron chi connectivity index (χ3n) is 2.79. The van der Waals surface area contributed by atoms with E-state index in [-0.39, 0.29) is 5.91 Å². The predicted octanol–water partition coefficient (Wildman–Crippen LogP) is 1.99. The normalized spacial score (nSPS) is 11.4. The van der Waals surface area contributed by atoms with Crippen LogP contribution in [0.2, 0.25) is 0 Å². The van der Waals surface area contributed by atoms with Crippen LogP contribution in [-0.2, 0) is 4.79 Å². The van der Waals surface area contributed by atoms with Gasteiger partial charge in [-0.25, -0.2) is 0 Å². The summed E-state index contributed by atoms with van der Waals surface area (Å²) in [6, 6.07) is 10.4. The van der Waals surface area contributed by atoms with Crippen LogP contribution >= 0.6 is 11.3 Å². The van der Waals surface area contributed by atoms with Crippen molar-refractivity contribution in [2.24, 2.45) is 0 Å². The Balaban J connectivity index is 1.88. The Morgan fingerprint density at radius 1 is 1.09 bits per heavy atom. The second kappa shape index (κ2) is 7.46. The van der Waals surface area contributed by atoms with E-state index in [4.69, 9.17) is 9.47 Å². The van der Waals surface area contributed by atoms with Gasteiger partial charge in [-0.1, -0.05) is 18.2 Å². The average molecular weight is 320 g/mol. The van der Waals surface area contributed by atoms with Gasteiger partial charge in [0.1, 0.15) is 0 Å². The number of carbonyl (C=O) groups is 2. The van der Waals surface area contributed by atoms with Gasteiger partial charge in [0.25, 0.3) is 11.8 Å². The number of hydrogen-bond donors (Lipinski definition) is 2. The van der Waals surface area contributed by atoms with E-state index in [1.165, 1.54) is 18.4 Å². The van der Waals surface area contributed by atoms with Crippen LogP contribution in [0.1, 0.15) is 16.6 Å². The fourth-order valence-corrected chi connectivity index (χ4v) is 2.27. The third-order valence-corrected chi connectivity index (χ3v) is 3.65. The first-order chi connectivity index (χ1) is 10.6. The number of thiophene rings is 1. The predicted molar refractivity (Wildman–Crippen MR) is 83.0 cm³/mol. The molecule has 116 valence electrons. The molecule has 0 bridgehead atoms. The molecule has 0 aliphatic rings. The van der Waals surface area contributed by atoms with Crippen LogP contribution in [0.15, 0.2) is 41.8 Å². The van der Waals surface area contributed by atoms with E-state index < -0.39 is 12.0 Å². The molecule has 2 rings (SSSR count). The van der Waals surface area contributed by atoms with E-state index in [9.17, 15) is 9.59 Å². The minimum Gasteiger partial charge on any atom is -0.493 e. The second-order valence-corrected chi connectivity index (χ2v) is 5.28.